The molecule has 0 aliphatic rings. The van der Waals surface area contributed by atoms with E-state index in [2.05, 4.69) is 24.0 Å². The molecule has 0 saturated carbocycles. The van der Waals surface area contributed by atoms with Gasteiger partial charge in [-0.15, -0.1) is 0 Å². The van der Waals surface area contributed by atoms with Crippen LogP contribution in [0.4, 0.5) is 0 Å². The molecule has 2 nitrogen and oxygen atoms in total. The van der Waals surface area contributed by atoms with Crippen LogP contribution in [-0.2, 0) is 11.2 Å². The molecule has 0 aliphatic heterocycles. The van der Waals surface area contributed by atoms with Crippen LogP contribution >= 0.6 is 0 Å². The highest BCUT2D eigenvalue weighted by atomic mass is 16.1. The van der Waals surface area contributed by atoms with Gasteiger partial charge in [0.05, 0.1) is 5.52 Å². The summed E-state index contributed by atoms with van der Waals surface area (Å²) in [4.78, 5) is 15.5. The maximum Gasteiger partial charge on any atom is 0.129 e. The molecule has 88 valence electrons. The predicted octanol–water partition coefficient (Wildman–Crippen LogP) is 3.45. The molecule has 0 bridgehead atoms. The Kier molecular flexibility index (Phi) is 3.52. The summed E-state index contributed by atoms with van der Waals surface area (Å²) in [6, 6.07) is 10.3. The van der Waals surface area contributed by atoms with E-state index in [0.717, 1.165) is 24.1 Å². The molecule has 2 heteroatoms. The van der Waals surface area contributed by atoms with Gasteiger partial charge in [-0.1, -0.05) is 18.2 Å². The molecule has 0 radical (unpaired) electrons. The number of hydrogen-bond donors (Lipinski definition) is 0. The van der Waals surface area contributed by atoms with Crippen LogP contribution < -0.4 is 0 Å². The smallest absolute Gasteiger partial charge is 0.129 e. The first kappa shape index (κ1) is 11.8. The van der Waals surface area contributed by atoms with E-state index in [9.17, 15) is 4.79 Å². The van der Waals surface area contributed by atoms with E-state index in [4.69, 9.17) is 0 Å². The van der Waals surface area contributed by atoms with E-state index in [-0.39, 0.29) is 5.78 Å². The molecular formula is C15H17NO. The molecule has 0 unspecified atom stereocenters. The Bertz CT molecular complexity index is 546. The number of para-hydroxylation sites is 1. The number of aryl methyl sites for hydroxylation is 2. The topological polar surface area (TPSA) is 30.0 Å². The first-order valence-corrected chi connectivity index (χ1v) is 6.01. The first-order chi connectivity index (χ1) is 8.16. The van der Waals surface area contributed by atoms with Gasteiger partial charge < -0.3 is 4.79 Å². The second-order valence-corrected chi connectivity index (χ2v) is 4.50. The molecule has 0 amide bonds. The molecule has 0 fully saturated rings. The number of rotatable bonds is 4. The van der Waals surface area contributed by atoms with Crippen molar-refractivity contribution in [1.82, 2.24) is 4.98 Å². The Morgan fingerprint density at radius 3 is 2.82 bits per heavy atom. The molecule has 0 saturated heterocycles. The van der Waals surface area contributed by atoms with Crippen molar-refractivity contribution in [1.29, 1.82) is 0 Å². The van der Waals surface area contributed by atoms with E-state index < -0.39 is 0 Å². The van der Waals surface area contributed by atoms with Gasteiger partial charge in [0, 0.05) is 17.5 Å². The van der Waals surface area contributed by atoms with Gasteiger partial charge in [0.1, 0.15) is 5.78 Å². The van der Waals surface area contributed by atoms with Gasteiger partial charge in [0.15, 0.2) is 0 Å². The van der Waals surface area contributed by atoms with E-state index in [1.54, 1.807) is 6.92 Å². The van der Waals surface area contributed by atoms with E-state index in [1.807, 2.05) is 18.2 Å². The van der Waals surface area contributed by atoms with Crippen LogP contribution in [0, 0.1) is 6.92 Å². The zero-order valence-electron chi connectivity index (χ0n) is 10.4. The quantitative estimate of drug-likeness (QED) is 0.800. The average molecular weight is 227 g/mol. The Hall–Kier alpha value is -1.70. The summed E-state index contributed by atoms with van der Waals surface area (Å²) in [5.41, 5.74) is 3.39. The molecule has 1 aromatic heterocycles. The van der Waals surface area contributed by atoms with Crippen LogP contribution in [0.15, 0.2) is 30.3 Å². The number of pyridine rings is 1. The molecule has 2 aromatic rings. The maximum absolute atomic E-state index is 10.9. The number of aromatic nitrogens is 1. The molecule has 2 rings (SSSR count). The Morgan fingerprint density at radius 2 is 2.06 bits per heavy atom. The van der Waals surface area contributed by atoms with Gasteiger partial charge in [0.25, 0.3) is 0 Å². The lowest BCUT2D eigenvalue weighted by atomic mass is 10.1. The Labute approximate surface area is 102 Å². The van der Waals surface area contributed by atoms with Crippen molar-refractivity contribution in [2.45, 2.75) is 33.1 Å². The van der Waals surface area contributed by atoms with Crippen molar-refractivity contribution in [3.05, 3.63) is 41.6 Å². The molecule has 0 N–H and O–H groups in total. The van der Waals surface area contributed by atoms with E-state index in [1.165, 1.54) is 10.9 Å². The number of Topliss-reactive ketones (excluding diaryl/α,β-unsaturated/α-hetero) is 1. The van der Waals surface area contributed by atoms with Gasteiger partial charge >= 0.3 is 0 Å². The zero-order chi connectivity index (χ0) is 12.3. The number of carbonyl (C=O) groups excluding carboxylic acids is 1. The van der Waals surface area contributed by atoms with Crippen molar-refractivity contribution < 1.29 is 4.79 Å². The number of carbonyl (C=O) groups is 1. The van der Waals surface area contributed by atoms with Crippen molar-refractivity contribution in [3.8, 4) is 0 Å². The molecule has 0 atom stereocenters. The van der Waals surface area contributed by atoms with Gasteiger partial charge in [-0.25, -0.2) is 0 Å². The van der Waals surface area contributed by atoms with Gasteiger partial charge in [0.2, 0.25) is 0 Å². The number of hydrogen-bond acceptors (Lipinski definition) is 2. The van der Waals surface area contributed by atoms with Gasteiger partial charge in [-0.05, 0) is 44.4 Å². The van der Waals surface area contributed by atoms with Gasteiger partial charge in [-0.3, -0.25) is 4.98 Å². The third-order valence-electron chi connectivity index (χ3n) is 2.94. The SMILES string of the molecule is CC(=O)CCCc1cc(C)c2ccccc2n1. The van der Waals surface area contributed by atoms with Crippen LogP contribution in [0.25, 0.3) is 10.9 Å². The molecule has 1 aromatic carbocycles. The van der Waals surface area contributed by atoms with Crippen LogP contribution in [0.5, 0.6) is 0 Å². The van der Waals surface area contributed by atoms with Crippen molar-refractivity contribution in [2.75, 3.05) is 0 Å². The summed E-state index contributed by atoms with van der Waals surface area (Å²) in [7, 11) is 0. The van der Waals surface area contributed by atoms with Crippen LogP contribution in [-0.4, -0.2) is 10.8 Å². The predicted molar refractivity (Wildman–Crippen MR) is 70.1 cm³/mol. The largest absolute Gasteiger partial charge is 0.300 e. The maximum atomic E-state index is 10.9. The van der Waals surface area contributed by atoms with Crippen molar-refractivity contribution in [2.24, 2.45) is 0 Å². The standard InChI is InChI=1S/C15H17NO/c1-11-10-13(7-5-6-12(2)17)16-15-9-4-3-8-14(11)15/h3-4,8-10H,5-7H2,1-2H3. The number of nitrogens with zero attached hydrogens (tertiary/aromatic N) is 1. The van der Waals surface area contributed by atoms with Crippen molar-refractivity contribution in [3.63, 3.8) is 0 Å². The lowest BCUT2D eigenvalue weighted by Gasteiger charge is -2.05. The van der Waals surface area contributed by atoms with E-state index >= 15 is 0 Å². The van der Waals surface area contributed by atoms with Crippen LogP contribution in [0.1, 0.15) is 31.0 Å². The normalized spacial score (nSPS) is 10.7. The molecule has 0 spiro atoms. The molecule has 1 heterocycles. The summed E-state index contributed by atoms with van der Waals surface area (Å²) in [6.45, 7) is 3.75. The minimum Gasteiger partial charge on any atom is -0.300 e. The fraction of sp³-hybridized carbons (Fsp3) is 0.333. The molecular weight excluding hydrogens is 210 g/mol. The van der Waals surface area contributed by atoms with Gasteiger partial charge in [-0.2, -0.15) is 0 Å². The fourth-order valence-corrected chi connectivity index (χ4v) is 2.07. The third kappa shape index (κ3) is 2.90. The summed E-state index contributed by atoms with van der Waals surface area (Å²) in [6.07, 6.45) is 2.42. The monoisotopic (exact) mass is 227 g/mol. The second-order valence-electron chi connectivity index (χ2n) is 4.50. The summed E-state index contributed by atoms with van der Waals surface area (Å²) < 4.78 is 0. The number of benzene rings is 1. The zero-order valence-corrected chi connectivity index (χ0v) is 10.4. The highest BCUT2D eigenvalue weighted by Crippen LogP contribution is 2.18. The highest BCUT2D eigenvalue weighted by molar-refractivity contribution is 5.82. The highest BCUT2D eigenvalue weighted by Gasteiger charge is 2.02. The lowest BCUT2D eigenvalue weighted by molar-refractivity contribution is -0.117. The third-order valence-corrected chi connectivity index (χ3v) is 2.94. The minimum atomic E-state index is 0.252. The Morgan fingerprint density at radius 1 is 1.29 bits per heavy atom. The molecule has 0 aliphatic carbocycles. The summed E-state index contributed by atoms with van der Waals surface area (Å²) in [5.74, 6) is 0.252. The Balaban J connectivity index is 2.21. The summed E-state index contributed by atoms with van der Waals surface area (Å²) >= 11 is 0. The summed E-state index contributed by atoms with van der Waals surface area (Å²) in [5, 5.41) is 1.21. The van der Waals surface area contributed by atoms with Crippen molar-refractivity contribution >= 4 is 16.7 Å². The second kappa shape index (κ2) is 5.09. The average Bonchev–Trinajstić information content (AvgIpc) is 2.28. The fourth-order valence-electron chi connectivity index (χ4n) is 2.07. The van der Waals surface area contributed by atoms with Crippen LogP contribution in [0.3, 0.4) is 0 Å². The minimum absolute atomic E-state index is 0.252. The molecule has 17 heavy (non-hydrogen) atoms. The first-order valence-electron chi connectivity index (χ1n) is 6.01. The lowest BCUT2D eigenvalue weighted by Crippen LogP contribution is -1.96. The number of ketones is 1. The number of fused-ring (bicyclic) bond motifs is 1. The van der Waals surface area contributed by atoms with E-state index in [0.29, 0.717) is 6.42 Å². The van der Waals surface area contributed by atoms with Crippen LogP contribution in [0.2, 0.25) is 0 Å².